The first-order valence-corrected chi connectivity index (χ1v) is 21.2. The average Bonchev–Trinajstić information content (AvgIpc) is 3.98. The molecular formula is C54H33NOS2. The summed E-state index contributed by atoms with van der Waals surface area (Å²) >= 11 is 3.73. The zero-order valence-corrected chi connectivity index (χ0v) is 32.9. The van der Waals surface area contributed by atoms with Crippen LogP contribution in [0.4, 0.5) is 17.1 Å². The number of anilines is 3. The Morgan fingerprint density at radius 3 is 1.48 bits per heavy atom. The van der Waals surface area contributed by atoms with Crippen molar-refractivity contribution in [1.29, 1.82) is 0 Å². The van der Waals surface area contributed by atoms with E-state index in [9.17, 15) is 0 Å². The number of rotatable bonds is 6. The first-order chi connectivity index (χ1) is 28.7. The van der Waals surface area contributed by atoms with Crippen molar-refractivity contribution in [3.8, 4) is 33.4 Å². The number of hydrogen-bond donors (Lipinski definition) is 0. The van der Waals surface area contributed by atoms with Crippen molar-refractivity contribution in [1.82, 2.24) is 0 Å². The molecule has 0 radical (unpaired) electrons. The molecule has 0 fully saturated rings. The molecule has 4 heteroatoms. The van der Waals surface area contributed by atoms with Gasteiger partial charge in [-0.25, -0.2) is 0 Å². The maximum absolute atomic E-state index is 6.13. The summed E-state index contributed by atoms with van der Waals surface area (Å²) in [5.74, 6) is 0. The fourth-order valence-corrected chi connectivity index (χ4v) is 11.0. The van der Waals surface area contributed by atoms with Crippen LogP contribution in [0.1, 0.15) is 0 Å². The monoisotopic (exact) mass is 775 g/mol. The molecule has 272 valence electrons. The van der Waals surface area contributed by atoms with Crippen LogP contribution < -0.4 is 4.90 Å². The van der Waals surface area contributed by atoms with E-state index in [4.69, 9.17) is 4.42 Å². The van der Waals surface area contributed by atoms with Gasteiger partial charge in [0.2, 0.25) is 0 Å². The average molecular weight is 776 g/mol. The molecule has 0 aliphatic carbocycles. The van der Waals surface area contributed by atoms with Gasteiger partial charge >= 0.3 is 0 Å². The van der Waals surface area contributed by atoms with E-state index in [0.717, 1.165) is 50.1 Å². The summed E-state index contributed by atoms with van der Waals surface area (Å²) in [5.41, 5.74) is 12.3. The van der Waals surface area contributed by atoms with Crippen LogP contribution in [0.5, 0.6) is 0 Å². The number of benzene rings is 9. The molecule has 0 saturated heterocycles. The lowest BCUT2D eigenvalue weighted by atomic mass is 10.0. The van der Waals surface area contributed by atoms with Crippen molar-refractivity contribution >= 4 is 102 Å². The van der Waals surface area contributed by atoms with Gasteiger partial charge in [-0.3, -0.25) is 0 Å². The van der Waals surface area contributed by atoms with E-state index in [2.05, 4.69) is 193 Å². The van der Waals surface area contributed by atoms with Gasteiger partial charge in [-0.1, -0.05) is 121 Å². The third kappa shape index (κ3) is 5.45. The minimum absolute atomic E-state index is 0.909. The Morgan fingerprint density at radius 1 is 0.310 bits per heavy atom. The Balaban J connectivity index is 0.935. The van der Waals surface area contributed by atoms with Gasteiger partial charge in [0, 0.05) is 68.2 Å². The molecule has 0 spiro atoms. The second-order valence-electron chi connectivity index (χ2n) is 14.9. The summed E-state index contributed by atoms with van der Waals surface area (Å²) in [6.45, 7) is 0. The van der Waals surface area contributed by atoms with Gasteiger partial charge in [-0.2, -0.15) is 0 Å². The first-order valence-electron chi connectivity index (χ1n) is 19.6. The number of hydrogen-bond acceptors (Lipinski definition) is 4. The fraction of sp³-hybridized carbons (Fsp3) is 0. The highest BCUT2D eigenvalue weighted by Gasteiger charge is 2.16. The molecule has 0 amide bonds. The van der Waals surface area contributed by atoms with Crippen LogP contribution in [0.25, 0.3) is 95.7 Å². The predicted octanol–water partition coefficient (Wildman–Crippen LogP) is 16.8. The quantitative estimate of drug-likeness (QED) is 0.167. The Bertz CT molecular complexity index is 3340. The highest BCUT2D eigenvalue weighted by Crippen LogP contribution is 2.43. The minimum Gasteiger partial charge on any atom is -0.456 e. The van der Waals surface area contributed by atoms with Crippen molar-refractivity contribution < 1.29 is 4.42 Å². The molecule has 3 heterocycles. The third-order valence-electron chi connectivity index (χ3n) is 11.5. The molecule has 2 nitrogen and oxygen atoms in total. The molecule has 12 aromatic rings. The van der Waals surface area contributed by atoms with Crippen LogP contribution in [0.15, 0.2) is 205 Å². The lowest BCUT2D eigenvalue weighted by molar-refractivity contribution is 0.669. The van der Waals surface area contributed by atoms with E-state index >= 15 is 0 Å². The highest BCUT2D eigenvalue weighted by atomic mass is 32.1. The molecule has 0 aliphatic rings. The second kappa shape index (κ2) is 13.3. The Hall–Kier alpha value is -6.98. The highest BCUT2D eigenvalue weighted by molar-refractivity contribution is 7.26. The van der Waals surface area contributed by atoms with Crippen LogP contribution in [0.2, 0.25) is 0 Å². The maximum Gasteiger partial charge on any atom is 0.135 e. The van der Waals surface area contributed by atoms with Gasteiger partial charge < -0.3 is 9.32 Å². The summed E-state index contributed by atoms with van der Waals surface area (Å²) in [4.78, 5) is 2.36. The Morgan fingerprint density at radius 2 is 0.793 bits per heavy atom. The minimum atomic E-state index is 0.909. The normalized spacial score (nSPS) is 11.8. The SMILES string of the molecule is c1ccc2c(c1)oc1ccc(-c3ccc(N(c4ccc(-c5ccc6sc7ccccc7c6c5)cc4)c4ccc(-c5cccc6c5sc5ccccc56)cc4)cc3)cc12. The zero-order valence-electron chi connectivity index (χ0n) is 31.2. The smallest absolute Gasteiger partial charge is 0.135 e. The number of nitrogens with zero attached hydrogens (tertiary/aromatic N) is 1. The fourth-order valence-electron chi connectivity index (χ4n) is 8.63. The van der Waals surface area contributed by atoms with Crippen molar-refractivity contribution in [3.63, 3.8) is 0 Å². The molecule has 0 saturated carbocycles. The summed E-state index contributed by atoms with van der Waals surface area (Å²) in [6, 6.07) is 72.8. The molecule has 0 bridgehead atoms. The maximum atomic E-state index is 6.13. The second-order valence-corrected chi connectivity index (χ2v) is 17.0. The topological polar surface area (TPSA) is 16.4 Å². The van der Waals surface area contributed by atoms with E-state index in [1.54, 1.807) is 0 Å². The van der Waals surface area contributed by atoms with Crippen LogP contribution in [-0.4, -0.2) is 0 Å². The first kappa shape index (κ1) is 33.2. The van der Waals surface area contributed by atoms with Crippen LogP contribution in [-0.2, 0) is 0 Å². The molecule has 0 unspecified atom stereocenters. The van der Waals surface area contributed by atoms with Crippen LogP contribution in [0.3, 0.4) is 0 Å². The van der Waals surface area contributed by atoms with Gasteiger partial charge in [0.1, 0.15) is 11.2 Å². The van der Waals surface area contributed by atoms with E-state index in [1.165, 1.54) is 62.6 Å². The van der Waals surface area contributed by atoms with Crippen molar-refractivity contribution in [3.05, 3.63) is 200 Å². The summed E-state index contributed by atoms with van der Waals surface area (Å²) in [5, 5.41) is 7.55. The van der Waals surface area contributed by atoms with E-state index in [1.807, 2.05) is 34.8 Å². The number of fused-ring (bicyclic) bond motifs is 9. The number of furan rings is 1. The van der Waals surface area contributed by atoms with Gasteiger partial charge in [0.05, 0.1) is 0 Å². The standard InChI is InChI=1S/C54H33NOS2/c1-4-13-49-43(8-1)47-32-37(22-30-50(47)56-49)34-16-24-39(25-17-34)55(40-26-18-35(19-27-40)38-23-31-53-48(33-38)45-10-3-5-14-51(45)57-53)41-28-20-36(21-29-41)42-11-7-12-46-44-9-2-6-15-52(44)58-54(42)46/h1-33H. The molecule has 12 rings (SSSR count). The molecule has 58 heavy (non-hydrogen) atoms. The predicted molar refractivity (Wildman–Crippen MR) is 250 cm³/mol. The lowest BCUT2D eigenvalue weighted by Crippen LogP contribution is -2.09. The number of thiophene rings is 2. The Labute approximate surface area is 343 Å². The molecule has 9 aromatic carbocycles. The Kier molecular flexibility index (Phi) is 7.62. The summed E-state index contributed by atoms with van der Waals surface area (Å²) in [6.07, 6.45) is 0. The lowest BCUT2D eigenvalue weighted by Gasteiger charge is -2.26. The van der Waals surface area contributed by atoms with Crippen LogP contribution in [0, 0.1) is 0 Å². The van der Waals surface area contributed by atoms with Crippen molar-refractivity contribution in [2.45, 2.75) is 0 Å². The molecule has 3 aromatic heterocycles. The molecule has 0 atom stereocenters. The zero-order chi connectivity index (χ0) is 38.2. The van der Waals surface area contributed by atoms with Gasteiger partial charge in [0.15, 0.2) is 0 Å². The van der Waals surface area contributed by atoms with E-state index < -0.39 is 0 Å². The van der Waals surface area contributed by atoms with Gasteiger partial charge in [-0.05, 0) is 112 Å². The van der Waals surface area contributed by atoms with E-state index in [0.29, 0.717) is 0 Å². The van der Waals surface area contributed by atoms with Gasteiger partial charge in [0.25, 0.3) is 0 Å². The van der Waals surface area contributed by atoms with E-state index in [-0.39, 0.29) is 0 Å². The third-order valence-corrected chi connectivity index (χ3v) is 13.9. The summed E-state index contributed by atoms with van der Waals surface area (Å²) in [7, 11) is 0. The van der Waals surface area contributed by atoms with Gasteiger partial charge in [-0.15, -0.1) is 22.7 Å². The van der Waals surface area contributed by atoms with Crippen molar-refractivity contribution in [2.24, 2.45) is 0 Å². The van der Waals surface area contributed by atoms with Crippen LogP contribution >= 0.6 is 22.7 Å². The summed E-state index contributed by atoms with van der Waals surface area (Å²) < 4.78 is 11.4. The number of para-hydroxylation sites is 1. The molecular weight excluding hydrogens is 743 g/mol. The van der Waals surface area contributed by atoms with Crippen molar-refractivity contribution in [2.75, 3.05) is 4.90 Å². The molecule has 0 N–H and O–H groups in total. The molecule has 0 aliphatic heterocycles. The largest absolute Gasteiger partial charge is 0.456 e.